The first-order chi connectivity index (χ1) is 25.3. The Labute approximate surface area is 292 Å². The predicted octanol–water partition coefficient (Wildman–Crippen LogP) is 11.9. The Bertz CT molecular complexity index is 3130. The van der Waals surface area contributed by atoms with Gasteiger partial charge in [-0.25, -0.2) is 4.98 Å². The summed E-state index contributed by atoms with van der Waals surface area (Å²) in [6.07, 6.45) is 0. The summed E-state index contributed by atoms with van der Waals surface area (Å²) in [4.78, 5) is 10.2. The van der Waals surface area contributed by atoms with Crippen molar-refractivity contribution >= 4 is 65.7 Å². The Morgan fingerprint density at radius 3 is 1.65 bits per heavy atom. The number of para-hydroxylation sites is 4. The van der Waals surface area contributed by atoms with Crippen molar-refractivity contribution in [1.29, 1.82) is 0 Å². The van der Waals surface area contributed by atoms with Crippen molar-refractivity contribution in [3.8, 4) is 34.0 Å². The van der Waals surface area contributed by atoms with Gasteiger partial charge >= 0.3 is 0 Å². The van der Waals surface area contributed by atoms with Crippen molar-refractivity contribution < 1.29 is 4.42 Å². The van der Waals surface area contributed by atoms with E-state index in [1.165, 1.54) is 32.6 Å². The van der Waals surface area contributed by atoms with Gasteiger partial charge in [-0.2, -0.15) is 4.98 Å². The molecule has 5 nitrogen and oxygen atoms in total. The van der Waals surface area contributed by atoms with Crippen LogP contribution in [-0.4, -0.2) is 19.1 Å². The summed E-state index contributed by atoms with van der Waals surface area (Å²) in [5.41, 5.74) is 11.1. The maximum absolute atomic E-state index is 6.35. The van der Waals surface area contributed by atoms with Crippen LogP contribution in [0, 0.1) is 0 Å². The monoisotopic (exact) mass is 652 g/mol. The summed E-state index contributed by atoms with van der Waals surface area (Å²) in [5, 5.41) is 6.88. The summed E-state index contributed by atoms with van der Waals surface area (Å²) in [7, 11) is 0. The summed E-state index contributed by atoms with van der Waals surface area (Å²) in [6.45, 7) is 0. The van der Waals surface area contributed by atoms with E-state index < -0.39 is 0 Å². The Morgan fingerprint density at radius 1 is 0.392 bits per heavy atom. The first kappa shape index (κ1) is 27.9. The minimum Gasteiger partial charge on any atom is -0.438 e. The third-order valence-corrected chi connectivity index (χ3v) is 10.1. The van der Waals surface area contributed by atoms with E-state index in [9.17, 15) is 0 Å². The van der Waals surface area contributed by atoms with Gasteiger partial charge in [0, 0.05) is 49.4 Å². The molecule has 0 amide bonds. The molecule has 0 bridgehead atoms. The highest BCUT2D eigenvalue weighted by Gasteiger charge is 2.22. The van der Waals surface area contributed by atoms with Gasteiger partial charge in [0.05, 0.1) is 33.1 Å². The van der Waals surface area contributed by atoms with Crippen LogP contribution in [0.25, 0.3) is 99.7 Å². The molecule has 0 aliphatic heterocycles. The van der Waals surface area contributed by atoms with E-state index in [0.717, 1.165) is 55.6 Å². The molecular weight excluding hydrogens is 625 g/mol. The normalized spacial score (nSPS) is 11.9. The molecule has 0 atom stereocenters. The lowest BCUT2D eigenvalue weighted by Gasteiger charge is -2.12. The summed E-state index contributed by atoms with van der Waals surface area (Å²) >= 11 is 0. The second-order valence-electron chi connectivity index (χ2n) is 13.0. The van der Waals surface area contributed by atoms with Crippen molar-refractivity contribution in [2.45, 2.75) is 0 Å². The molecule has 238 valence electrons. The Balaban J connectivity index is 1.20. The highest BCUT2D eigenvalue weighted by atomic mass is 16.3. The summed E-state index contributed by atoms with van der Waals surface area (Å²) < 4.78 is 11.1. The molecule has 0 aliphatic rings. The average Bonchev–Trinajstić information content (AvgIpc) is 3.86. The maximum atomic E-state index is 6.35. The van der Waals surface area contributed by atoms with Gasteiger partial charge in [-0.1, -0.05) is 115 Å². The molecule has 11 rings (SSSR count). The van der Waals surface area contributed by atoms with E-state index in [4.69, 9.17) is 14.4 Å². The van der Waals surface area contributed by atoms with Gasteiger partial charge in [0.2, 0.25) is 5.71 Å². The van der Waals surface area contributed by atoms with Gasteiger partial charge in [0.15, 0.2) is 5.82 Å². The van der Waals surface area contributed by atoms with Crippen LogP contribution in [-0.2, 0) is 0 Å². The largest absolute Gasteiger partial charge is 0.438 e. The number of rotatable bonds is 4. The fraction of sp³-hybridized carbons (Fsp3) is 0. The van der Waals surface area contributed by atoms with Crippen molar-refractivity contribution in [2.24, 2.45) is 0 Å². The standard InChI is InChI=1S/C46H28N4O/c1-3-14-29(15-4-1)45-47-44(43-35-22-9-12-25-40(35)51-46(43)48-45)30-16-13-19-32(28-30)50-37-24-11-8-21-34(37)42-39(50)27-26-38-41(42)33-20-7-10-23-36(33)49(38)31-17-5-2-6-18-31/h1-28H. The number of fused-ring (bicyclic) bond motifs is 10. The fourth-order valence-corrected chi connectivity index (χ4v) is 7.99. The van der Waals surface area contributed by atoms with Crippen molar-refractivity contribution in [1.82, 2.24) is 19.1 Å². The molecule has 4 aromatic heterocycles. The topological polar surface area (TPSA) is 48.8 Å². The molecule has 7 aromatic carbocycles. The average molecular weight is 653 g/mol. The van der Waals surface area contributed by atoms with E-state index in [2.05, 4.69) is 130 Å². The van der Waals surface area contributed by atoms with Crippen LogP contribution in [0.2, 0.25) is 0 Å². The highest BCUT2D eigenvalue weighted by Crippen LogP contribution is 2.43. The SMILES string of the molecule is c1ccc(-c2nc(-c3cccc(-n4c5ccccc5c5c6c7ccccc7n(-c7ccccc7)c6ccc54)c3)c3c(n2)oc2ccccc23)cc1. The van der Waals surface area contributed by atoms with Crippen LogP contribution in [0.5, 0.6) is 0 Å². The quantitative estimate of drug-likeness (QED) is 0.190. The van der Waals surface area contributed by atoms with Crippen LogP contribution in [0.4, 0.5) is 0 Å². The van der Waals surface area contributed by atoms with E-state index in [1.807, 2.05) is 48.5 Å². The maximum Gasteiger partial charge on any atom is 0.231 e. The molecule has 0 saturated heterocycles. The molecule has 0 radical (unpaired) electrons. The molecule has 0 spiro atoms. The molecule has 51 heavy (non-hydrogen) atoms. The van der Waals surface area contributed by atoms with Crippen LogP contribution in [0.15, 0.2) is 174 Å². The number of nitrogens with zero attached hydrogens (tertiary/aromatic N) is 4. The molecule has 11 aromatic rings. The zero-order chi connectivity index (χ0) is 33.5. The summed E-state index contributed by atoms with van der Waals surface area (Å²) in [6, 6.07) is 59.6. The molecule has 0 fully saturated rings. The number of hydrogen-bond acceptors (Lipinski definition) is 3. The Morgan fingerprint density at radius 2 is 0.941 bits per heavy atom. The molecule has 5 heteroatoms. The third kappa shape index (κ3) is 4.09. The first-order valence-corrected chi connectivity index (χ1v) is 17.2. The van der Waals surface area contributed by atoms with Gasteiger partial charge in [0.25, 0.3) is 0 Å². The van der Waals surface area contributed by atoms with Crippen LogP contribution in [0.1, 0.15) is 0 Å². The zero-order valence-electron chi connectivity index (χ0n) is 27.4. The first-order valence-electron chi connectivity index (χ1n) is 17.2. The van der Waals surface area contributed by atoms with Gasteiger partial charge in [0.1, 0.15) is 5.58 Å². The number of hydrogen-bond donors (Lipinski definition) is 0. The van der Waals surface area contributed by atoms with Gasteiger partial charge in [-0.3, -0.25) is 0 Å². The molecular formula is C46H28N4O. The third-order valence-electron chi connectivity index (χ3n) is 10.1. The van der Waals surface area contributed by atoms with Gasteiger partial charge in [-0.05, 0) is 54.6 Å². The van der Waals surface area contributed by atoms with Gasteiger partial charge in [-0.15, -0.1) is 0 Å². The second-order valence-corrected chi connectivity index (χ2v) is 13.0. The lowest BCUT2D eigenvalue weighted by atomic mass is 10.0. The van der Waals surface area contributed by atoms with Crippen LogP contribution < -0.4 is 0 Å². The number of benzene rings is 7. The van der Waals surface area contributed by atoms with Crippen LogP contribution >= 0.6 is 0 Å². The Kier molecular flexibility index (Phi) is 5.89. The lowest BCUT2D eigenvalue weighted by Crippen LogP contribution is -1.97. The second kappa shape index (κ2) is 10.8. The Hall–Kier alpha value is -6.98. The molecule has 0 unspecified atom stereocenters. The van der Waals surface area contributed by atoms with Crippen LogP contribution in [0.3, 0.4) is 0 Å². The minimum atomic E-state index is 0.583. The smallest absolute Gasteiger partial charge is 0.231 e. The number of furan rings is 1. The lowest BCUT2D eigenvalue weighted by molar-refractivity contribution is 0.653. The highest BCUT2D eigenvalue weighted by molar-refractivity contribution is 6.29. The van der Waals surface area contributed by atoms with E-state index in [0.29, 0.717) is 11.5 Å². The number of aromatic nitrogens is 4. The van der Waals surface area contributed by atoms with E-state index in [1.54, 1.807) is 0 Å². The van der Waals surface area contributed by atoms with E-state index >= 15 is 0 Å². The zero-order valence-corrected chi connectivity index (χ0v) is 27.4. The molecule has 4 heterocycles. The molecule has 0 N–H and O–H groups in total. The minimum absolute atomic E-state index is 0.583. The fourth-order valence-electron chi connectivity index (χ4n) is 7.99. The van der Waals surface area contributed by atoms with E-state index in [-0.39, 0.29) is 0 Å². The summed E-state index contributed by atoms with van der Waals surface area (Å²) in [5.74, 6) is 0.636. The van der Waals surface area contributed by atoms with Crippen molar-refractivity contribution in [2.75, 3.05) is 0 Å². The van der Waals surface area contributed by atoms with Crippen molar-refractivity contribution in [3.63, 3.8) is 0 Å². The molecule has 0 saturated carbocycles. The predicted molar refractivity (Wildman–Crippen MR) is 209 cm³/mol. The molecule has 0 aliphatic carbocycles. The van der Waals surface area contributed by atoms with Crippen molar-refractivity contribution in [3.05, 3.63) is 170 Å². The van der Waals surface area contributed by atoms with Gasteiger partial charge < -0.3 is 13.6 Å².